The van der Waals surface area contributed by atoms with Crippen LogP contribution in [0.2, 0.25) is 5.02 Å². The van der Waals surface area contributed by atoms with Crippen LogP contribution in [-0.4, -0.2) is 5.78 Å². The Kier molecular flexibility index (Phi) is 4.61. The molecule has 0 atom stereocenters. The van der Waals surface area contributed by atoms with Crippen molar-refractivity contribution >= 4 is 49.2 Å². The molecule has 0 aliphatic rings. The summed E-state index contributed by atoms with van der Waals surface area (Å²) in [6.45, 7) is 5.69. The molecule has 0 unspecified atom stereocenters. The van der Waals surface area contributed by atoms with E-state index in [0.29, 0.717) is 10.6 Å². The maximum Gasteiger partial charge on any atom is 0.168 e. The predicted octanol–water partition coefficient (Wildman–Crippen LogP) is 5.36. The third-order valence-corrected chi connectivity index (χ3v) is 3.49. The molecule has 16 heavy (non-hydrogen) atoms. The zero-order valence-electron chi connectivity index (χ0n) is 9.35. The molecule has 1 aromatic rings. The highest BCUT2D eigenvalue weighted by molar-refractivity contribution is 9.24. The van der Waals surface area contributed by atoms with E-state index in [9.17, 15) is 4.79 Å². The van der Waals surface area contributed by atoms with Crippen molar-refractivity contribution in [2.24, 2.45) is 5.41 Å². The van der Waals surface area contributed by atoms with Crippen LogP contribution in [0.3, 0.4) is 0 Å². The number of ketones is 1. The molecule has 1 aromatic carbocycles. The molecule has 0 amide bonds. The second-order valence-electron chi connectivity index (χ2n) is 4.62. The first-order valence-electron chi connectivity index (χ1n) is 4.86. The van der Waals surface area contributed by atoms with Gasteiger partial charge in [-0.2, -0.15) is 0 Å². The highest BCUT2D eigenvalue weighted by atomic mass is 79.9. The lowest BCUT2D eigenvalue weighted by atomic mass is 9.86. The molecule has 0 saturated carbocycles. The fourth-order valence-corrected chi connectivity index (χ4v) is 2.63. The number of hydrogen-bond acceptors (Lipinski definition) is 1. The molecule has 0 radical (unpaired) electrons. The lowest BCUT2D eigenvalue weighted by Gasteiger charge is -2.17. The van der Waals surface area contributed by atoms with Gasteiger partial charge in [-0.05, 0) is 11.6 Å². The zero-order chi connectivity index (χ0) is 12.5. The molecule has 0 spiro atoms. The number of hydrogen-bond donors (Lipinski definition) is 0. The van der Waals surface area contributed by atoms with Crippen molar-refractivity contribution in [3.8, 4) is 0 Å². The summed E-state index contributed by atoms with van der Waals surface area (Å²) < 4.78 is 0.00582. The number of rotatable bonds is 2. The van der Waals surface area contributed by atoms with Crippen LogP contribution < -0.4 is 0 Å². The normalized spacial score (nSPS) is 11.9. The highest BCUT2D eigenvalue weighted by Crippen LogP contribution is 2.35. The van der Waals surface area contributed by atoms with Crippen LogP contribution in [0.5, 0.6) is 0 Å². The Balaban J connectivity index is 3.12. The Bertz CT molecular complexity index is 408. The molecule has 0 aromatic heterocycles. The molecular weight excluding hydrogens is 355 g/mol. The third kappa shape index (κ3) is 3.31. The van der Waals surface area contributed by atoms with Gasteiger partial charge < -0.3 is 0 Å². The van der Waals surface area contributed by atoms with Gasteiger partial charge in [-0.25, -0.2) is 0 Å². The van der Waals surface area contributed by atoms with Gasteiger partial charge >= 0.3 is 0 Å². The second-order valence-corrected chi connectivity index (χ2v) is 8.08. The predicted molar refractivity (Wildman–Crippen MR) is 75.8 cm³/mol. The topological polar surface area (TPSA) is 17.1 Å². The summed E-state index contributed by atoms with van der Waals surface area (Å²) in [5, 5.41) is 0.592. The summed E-state index contributed by atoms with van der Waals surface area (Å²) in [5.74, 6) is 0.0987. The maximum atomic E-state index is 12.0. The van der Waals surface area contributed by atoms with Crippen molar-refractivity contribution in [1.29, 1.82) is 0 Å². The van der Waals surface area contributed by atoms with Crippen molar-refractivity contribution in [1.82, 2.24) is 0 Å². The molecule has 88 valence electrons. The van der Waals surface area contributed by atoms with E-state index in [4.69, 9.17) is 11.6 Å². The Morgan fingerprint density at radius 1 is 1.31 bits per heavy atom. The lowest BCUT2D eigenvalue weighted by molar-refractivity contribution is 0.0858. The molecule has 4 heteroatoms. The molecule has 0 fully saturated rings. The van der Waals surface area contributed by atoms with Crippen LogP contribution in [0, 0.1) is 5.41 Å². The van der Waals surface area contributed by atoms with E-state index in [2.05, 4.69) is 31.9 Å². The number of Topliss-reactive ketones (excluding diaryl/α,β-unsaturated/α-hetero) is 1. The van der Waals surface area contributed by atoms with Crippen LogP contribution in [0.1, 0.15) is 40.4 Å². The molecule has 0 aliphatic carbocycles. The number of benzene rings is 1. The third-order valence-electron chi connectivity index (χ3n) is 2.18. The van der Waals surface area contributed by atoms with Gasteiger partial charge in [0.15, 0.2) is 5.78 Å². The molecule has 1 nitrogen and oxygen atoms in total. The second kappa shape index (κ2) is 5.19. The van der Waals surface area contributed by atoms with Gasteiger partial charge in [-0.15, -0.1) is 0 Å². The molecule has 1 rings (SSSR count). The smallest absolute Gasteiger partial charge is 0.168 e. The van der Waals surface area contributed by atoms with Crippen LogP contribution in [-0.2, 0) is 0 Å². The van der Waals surface area contributed by atoms with Crippen molar-refractivity contribution in [3.05, 3.63) is 34.3 Å². The van der Waals surface area contributed by atoms with E-state index >= 15 is 0 Å². The van der Waals surface area contributed by atoms with E-state index in [-0.39, 0.29) is 14.9 Å². The SMILES string of the molecule is CC(C)(C)C(=O)c1ccc(C(Br)Br)c(Cl)c1. The summed E-state index contributed by atoms with van der Waals surface area (Å²) in [4.78, 5) is 12.0. The van der Waals surface area contributed by atoms with Crippen LogP contribution in [0.4, 0.5) is 0 Å². The van der Waals surface area contributed by atoms with Crippen LogP contribution in [0.15, 0.2) is 18.2 Å². The van der Waals surface area contributed by atoms with E-state index in [0.717, 1.165) is 5.56 Å². The van der Waals surface area contributed by atoms with Crippen molar-refractivity contribution in [2.45, 2.75) is 24.5 Å². The summed E-state index contributed by atoms with van der Waals surface area (Å²) in [7, 11) is 0. The number of halogens is 3. The first-order valence-corrected chi connectivity index (χ1v) is 7.07. The molecule has 0 bridgehead atoms. The Labute approximate surface area is 118 Å². The summed E-state index contributed by atoms with van der Waals surface area (Å²) >= 11 is 12.9. The quantitative estimate of drug-likeness (QED) is 0.507. The summed E-state index contributed by atoms with van der Waals surface area (Å²) in [5.41, 5.74) is 1.20. The standard InChI is InChI=1S/C12H13Br2ClO/c1-12(2,3)10(16)7-4-5-8(11(13)14)9(15)6-7/h4-6,11H,1-3H3. The average Bonchev–Trinajstić information content (AvgIpc) is 2.14. The number of alkyl halides is 2. The Hall–Kier alpha value is 0.140. The van der Waals surface area contributed by atoms with Crippen molar-refractivity contribution in [3.63, 3.8) is 0 Å². The van der Waals surface area contributed by atoms with Gasteiger partial charge in [0.1, 0.15) is 0 Å². The Morgan fingerprint density at radius 3 is 2.25 bits per heavy atom. The molecule has 0 aliphatic heterocycles. The van der Waals surface area contributed by atoms with Crippen molar-refractivity contribution < 1.29 is 4.79 Å². The van der Waals surface area contributed by atoms with Gasteiger partial charge in [0.25, 0.3) is 0 Å². The van der Waals surface area contributed by atoms with Gasteiger partial charge in [-0.3, -0.25) is 4.79 Å². The first-order chi connectivity index (χ1) is 7.23. The summed E-state index contributed by atoms with van der Waals surface area (Å²) in [6, 6.07) is 5.39. The van der Waals surface area contributed by atoms with Crippen molar-refractivity contribution in [2.75, 3.05) is 0 Å². The number of carbonyl (C=O) groups excluding carboxylic acids is 1. The number of carbonyl (C=O) groups is 1. The molecule has 0 heterocycles. The van der Waals surface area contributed by atoms with E-state index in [1.54, 1.807) is 6.07 Å². The van der Waals surface area contributed by atoms with E-state index in [1.165, 1.54) is 0 Å². The monoisotopic (exact) mass is 366 g/mol. The van der Waals surface area contributed by atoms with Gasteiger partial charge in [-0.1, -0.05) is 76.4 Å². The minimum Gasteiger partial charge on any atom is -0.294 e. The van der Waals surface area contributed by atoms with Gasteiger partial charge in [0.05, 0.1) is 3.74 Å². The zero-order valence-corrected chi connectivity index (χ0v) is 13.3. The lowest BCUT2D eigenvalue weighted by Crippen LogP contribution is -2.20. The fraction of sp³-hybridized carbons (Fsp3) is 0.417. The molecule has 0 N–H and O–H groups in total. The average molecular weight is 368 g/mol. The highest BCUT2D eigenvalue weighted by Gasteiger charge is 2.23. The Morgan fingerprint density at radius 2 is 1.88 bits per heavy atom. The summed E-state index contributed by atoms with van der Waals surface area (Å²) in [6.07, 6.45) is 0. The molecule has 0 saturated heterocycles. The minimum absolute atomic E-state index is 0.00582. The first kappa shape index (κ1) is 14.2. The maximum absolute atomic E-state index is 12.0. The van der Waals surface area contributed by atoms with Crippen LogP contribution >= 0.6 is 43.5 Å². The van der Waals surface area contributed by atoms with E-state index < -0.39 is 0 Å². The van der Waals surface area contributed by atoms with Crippen LogP contribution in [0.25, 0.3) is 0 Å². The van der Waals surface area contributed by atoms with Gasteiger partial charge in [0, 0.05) is 16.0 Å². The minimum atomic E-state index is -0.382. The largest absolute Gasteiger partial charge is 0.294 e. The molecular formula is C12H13Br2ClO. The fourth-order valence-electron chi connectivity index (χ4n) is 1.28. The van der Waals surface area contributed by atoms with E-state index in [1.807, 2.05) is 32.9 Å². The van der Waals surface area contributed by atoms with Gasteiger partial charge in [0.2, 0.25) is 0 Å².